The zero-order valence-corrected chi connectivity index (χ0v) is 12.2. The molecular formula is C15H21NO4. The van der Waals surface area contributed by atoms with Gasteiger partial charge in [0.2, 0.25) is 5.91 Å². The highest BCUT2D eigenvalue weighted by Gasteiger charge is 2.67. The molecule has 20 heavy (non-hydrogen) atoms. The average molecular weight is 279 g/mol. The van der Waals surface area contributed by atoms with Crippen molar-refractivity contribution in [2.24, 2.45) is 11.8 Å². The van der Waals surface area contributed by atoms with Crippen LogP contribution in [-0.4, -0.2) is 47.7 Å². The molecule has 5 atom stereocenters. The van der Waals surface area contributed by atoms with E-state index < -0.39 is 17.4 Å². The van der Waals surface area contributed by atoms with E-state index in [1.54, 1.807) is 6.92 Å². The Morgan fingerprint density at radius 1 is 1.60 bits per heavy atom. The minimum Gasteiger partial charge on any atom is -0.466 e. The Balaban J connectivity index is 1.90. The first-order valence-corrected chi connectivity index (χ1v) is 7.38. The van der Waals surface area contributed by atoms with Crippen molar-refractivity contribution in [3.63, 3.8) is 0 Å². The highest BCUT2D eigenvalue weighted by atomic mass is 16.6. The highest BCUT2D eigenvalue weighted by Crippen LogP contribution is 2.52. The topological polar surface area (TPSA) is 55.8 Å². The summed E-state index contributed by atoms with van der Waals surface area (Å²) in [5.74, 6) is -1.18. The molecule has 0 aromatic heterocycles. The molecule has 2 unspecified atom stereocenters. The fourth-order valence-corrected chi connectivity index (χ4v) is 3.63. The maximum absolute atomic E-state index is 12.7. The smallest absolute Gasteiger partial charge is 0.312 e. The SMILES string of the molecule is CCOC(=O)C1[C@@H]2C=C[C@]3(CN(C(C)CC)C(=O)[C@H]13)O2. The molecule has 1 spiro atoms. The van der Waals surface area contributed by atoms with E-state index in [1.807, 2.05) is 24.0 Å². The third-order valence-corrected chi connectivity index (χ3v) is 4.81. The first-order valence-electron chi connectivity index (χ1n) is 7.38. The summed E-state index contributed by atoms with van der Waals surface area (Å²) < 4.78 is 11.1. The Morgan fingerprint density at radius 2 is 2.35 bits per heavy atom. The lowest BCUT2D eigenvalue weighted by Crippen LogP contribution is -2.41. The number of fused-ring (bicyclic) bond motifs is 1. The van der Waals surface area contributed by atoms with Gasteiger partial charge in [0, 0.05) is 6.04 Å². The minimum absolute atomic E-state index is 0.0317. The van der Waals surface area contributed by atoms with Crippen molar-refractivity contribution in [2.75, 3.05) is 13.2 Å². The molecule has 110 valence electrons. The van der Waals surface area contributed by atoms with E-state index in [2.05, 4.69) is 6.92 Å². The second-order valence-corrected chi connectivity index (χ2v) is 5.88. The van der Waals surface area contributed by atoms with Gasteiger partial charge < -0.3 is 14.4 Å². The molecule has 0 aliphatic carbocycles. The van der Waals surface area contributed by atoms with Gasteiger partial charge in [-0.05, 0) is 20.3 Å². The van der Waals surface area contributed by atoms with Crippen molar-refractivity contribution in [1.29, 1.82) is 0 Å². The molecule has 0 radical (unpaired) electrons. The minimum atomic E-state index is -0.609. The lowest BCUT2D eigenvalue weighted by atomic mass is 9.77. The van der Waals surface area contributed by atoms with Crippen molar-refractivity contribution in [3.05, 3.63) is 12.2 Å². The van der Waals surface area contributed by atoms with Crippen LogP contribution < -0.4 is 0 Å². The number of ether oxygens (including phenoxy) is 2. The van der Waals surface area contributed by atoms with Crippen LogP contribution >= 0.6 is 0 Å². The van der Waals surface area contributed by atoms with Gasteiger partial charge in [0.1, 0.15) is 11.5 Å². The summed E-state index contributed by atoms with van der Waals surface area (Å²) in [5, 5.41) is 0. The van der Waals surface area contributed by atoms with Crippen LogP contribution in [0.5, 0.6) is 0 Å². The van der Waals surface area contributed by atoms with Gasteiger partial charge in [0.15, 0.2) is 0 Å². The molecule has 3 heterocycles. The van der Waals surface area contributed by atoms with Gasteiger partial charge in [-0.25, -0.2) is 0 Å². The molecule has 2 bridgehead atoms. The van der Waals surface area contributed by atoms with Gasteiger partial charge in [0.25, 0.3) is 0 Å². The number of carbonyl (C=O) groups excluding carboxylic acids is 2. The quantitative estimate of drug-likeness (QED) is 0.572. The summed E-state index contributed by atoms with van der Waals surface area (Å²) >= 11 is 0. The predicted octanol–water partition coefficient (Wildman–Crippen LogP) is 1.13. The summed E-state index contributed by atoms with van der Waals surface area (Å²) in [6.45, 7) is 6.74. The molecule has 3 aliphatic rings. The van der Waals surface area contributed by atoms with Crippen molar-refractivity contribution >= 4 is 11.9 Å². The standard InChI is InChI=1S/C15H21NO4/c1-4-9(3)16-8-15-7-6-10(20-15)11(12(15)13(16)17)14(18)19-5-2/h6-7,9-12H,4-5,8H2,1-3H3/t9?,10-,11?,12-,15+/m0/s1. The Hall–Kier alpha value is -1.36. The van der Waals surface area contributed by atoms with Crippen molar-refractivity contribution in [3.8, 4) is 0 Å². The molecule has 0 N–H and O–H groups in total. The maximum Gasteiger partial charge on any atom is 0.312 e. The van der Waals surface area contributed by atoms with Crippen LogP contribution in [0.1, 0.15) is 27.2 Å². The second kappa shape index (κ2) is 4.58. The molecule has 5 heteroatoms. The summed E-state index contributed by atoms with van der Waals surface area (Å²) in [6, 6.07) is 0.168. The molecule has 3 aliphatic heterocycles. The van der Waals surface area contributed by atoms with Crippen LogP contribution in [0, 0.1) is 11.8 Å². The van der Waals surface area contributed by atoms with Gasteiger partial charge in [-0.15, -0.1) is 0 Å². The number of amides is 1. The summed E-state index contributed by atoms with van der Waals surface area (Å²) in [6.07, 6.45) is 4.47. The number of hydrogen-bond donors (Lipinski definition) is 0. The molecule has 2 saturated heterocycles. The summed E-state index contributed by atoms with van der Waals surface area (Å²) in [7, 11) is 0. The van der Waals surface area contributed by atoms with Gasteiger partial charge in [0.05, 0.1) is 25.2 Å². The zero-order chi connectivity index (χ0) is 14.5. The van der Waals surface area contributed by atoms with E-state index in [4.69, 9.17) is 9.47 Å². The molecule has 2 fully saturated rings. The number of rotatable bonds is 4. The first kappa shape index (κ1) is 13.6. The molecule has 1 amide bonds. The molecule has 0 saturated carbocycles. The first-order chi connectivity index (χ1) is 9.54. The summed E-state index contributed by atoms with van der Waals surface area (Å²) in [5.41, 5.74) is -0.609. The van der Waals surface area contributed by atoms with Crippen molar-refractivity contribution < 1.29 is 19.1 Å². The number of hydrogen-bond acceptors (Lipinski definition) is 4. The van der Waals surface area contributed by atoms with E-state index in [1.165, 1.54) is 0 Å². The van der Waals surface area contributed by atoms with E-state index in [-0.39, 0.29) is 24.0 Å². The van der Waals surface area contributed by atoms with Crippen molar-refractivity contribution in [1.82, 2.24) is 4.90 Å². The Bertz CT molecular complexity index is 474. The molecule has 0 aromatic rings. The van der Waals surface area contributed by atoms with Crippen LogP contribution in [0.2, 0.25) is 0 Å². The van der Waals surface area contributed by atoms with E-state index in [0.29, 0.717) is 13.2 Å². The number of carbonyl (C=O) groups is 2. The van der Waals surface area contributed by atoms with Gasteiger partial charge in [-0.3, -0.25) is 9.59 Å². The number of esters is 1. The largest absolute Gasteiger partial charge is 0.466 e. The number of nitrogens with zero attached hydrogens (tertiary/aromatic N) is 1. The fraction of sp³-hybridized carbons (Fsp3) is 0.733. The third kappa shape index (κ3) is 1.65. The Labute approximate surface area is 118 Å². The number of likely N-dealkylation sites (tertiary alicyclic amines) is 1. The van der Waals surface area contributed by atoms with Crippen LogP contribution in [0.15, 0.2) is 12.2 Å². The molecular weight excluding hydrogens is 258 g/mol. The predicted molar refractivity (Wildman–Crippen MR) is 71.8 cm³/mol. The van der Waals surface area contributed by atoms with Crippen LogP contribution in [0.25, 0.3) is 0 Å². The lowest BCUT2D eigenvalue weighted by molar-refractivity contribution is -0.153. The van der Waals surface area contributed by atoms with Crippen LogP contribution in [0.3, 0.4) is 0 Å². The van der Waals surface area contributed by atoms with Gasteiger partial charge in [-0.2, -0.15) is 0 Å². The van der Waals surface area contributed by atoms with Crippen LogP contribution in [-0.2, 0) is 19.1 Å². The van der Waals surface area contributed by atoms with Crippen LogP contribution in [0.4, 0.5) is 0 Å². The Morgan fingerprint density at radius 3 is 3.00 bits per heavy atom. The molecule has 3 rings (SSSR count). The normalized spacial score (nSPS) is 39.2. The zero-order valence-electron chi connectivity index (χ0n) is 12.2. The third-order valence-electron chi connectivity index (χ3n) is 4.81. The van der Waals surface area contributed by atoms with Crippen molar-refractivity contribution in [2.45, 2.75) is 44.9 Å². The fourth-order valence-electron chi connectivity index (χ4n) is 3.63. The summed E-state index contributed by atoms with van der Waals surface area (Å²) in [4.78, 5) is 26.7. The monoisotopic (exact) mass is 279 g/mol. The average Bonchev–Trinajstić information content (AvgIpc) is 3.06. The van der Waals surface area contributed by atoms with Gasteiger partial charge >= 0.3 is 5.97 Å². The molecule has 5 nitrogen and oxygen atoms in total. The van der Waals surface area contributed by atoms with E-state index in [0.717, 1.165) is 6.42 Å². The second-order valence-electron chi connectivity index (χ2n) is 5.88. The van der Waals surface area contributed by atoms with E-state index in [9.17, 15) is 9.59 Å². The Kier molecular flexibility index (Phi) is 3.12. The lowest BCUT2D eigenvalue weighted by Gasteiger charge is -2.26. The molecule has 0 aromatic carbocycles. The van der Waals surface area contributed by atoms with E-state index >= 15 is 0 Å². The highest BCUT2D eigenvalue weighted by molar-refractivity contribution is 5.91. The van der Waals surface area contributed by atoms with Gasteiger partial charge in [-0.1, -0.05) is 19.1 Å². The maximum atomic E-state index is 12.7.